The molecule has 2 aromatic rings. The molecule has 1 aromatic carbocycles. The first-order valence-corrected chi connectivity index (χ1v) is 9.81. The van der Waals surface area contributed by atoms with Gasteiger partial charge in [-0.3, -0.25) is 14.7 Å². The smallest absolute Gasteiger partial charge is 0.321 e. The lowest BCUT2D eigenvalue weighted by Gasteiger charge is -2.27. The molecule has 11 heteroatoms. The molecule has 150 valence electrons. The minimum absolute atomic E-state index is 0.0340. The van der Waals surface area contributed by atoms with Gasteiger partial charge in [-0.25, -0.2) is 9.18 Å². The molecule has 1 fully saturated rings. The number of nitrogens with zero attached hydrogens (tertiary/aromatic N) is 4. The van der Waals surface area contributed by atoms with E-state index < -0.39 is 11.9 Å². The number of morpholine rings is 1. The van der Waals surface area contributed by atoms with E-state index in [9.17, 15) is 14.0 Å². The fourth-order valence-corrected chi connectivity index (χ4v) is 3.41. The Labute approximate surface area is 165 Å². The van der Waals surface area contributed by atoms with Crippen molar-refractivity contribution >= 4 is 29.6 Å². The topological polar surface area (TPSA) is 101 Å². The summed E-state index contributed by atoms with van der Waals surface area (Å²) >= 11 is 1.12. The molecule has 0 spiro atoms. The van der Waals surface area contributed by atoms with Gasteiger partial charge in [-0.2, -0.15) is 0 Å². The average molecular weight is 408 g/mol. The predicted octanol–water partition coefficient (Wildman–Crippen LogP) is 1.18. The molecule has 1 aliphatic heterocycles. The van der Waals surface area contributed by atoms with Crippen LogP contribution >= 0.6 is 11.8 Å². The third kappa shape index (κ3) is 4.98. The highest BCUT2D eigenvalue weighted by molar-refractivity contribution is 7.99. The minimum atomic E-state index is -0.547. The second-order valence-corrected chi connectivity index (χ2v) is 6.84. The summed E-state index contributed by atoms with van der Waals surface area (Å²) in [6.07, 6.45) is 0. The highest BCUT2D eigenvalue weighted by Gasteiger charge is 2.22. The van der Waals surface area contributed by atoms with Crippen molar-refractivity contribution in [2.24, 2.45) is 0 Å². The Bertz CT molecular complexity index is 840. The molecule has 1 saturated heterocycles. The Morgan fingerprint density at radius 2 is 2.07 bits per heavy atom. The van der Waals surface area contributed by atoms with Gasteiger partial charge in [-0.05, 0) is 25.1 Å². The quantitative estimate of drug-likeness (QED) is 0.692. The summed E-state index contributed by atoms with van der Waals surface area (Å²) in [7, 11) is 0. The molecule has 2 N–H and O–H groups in total. The number of hydrogen-bond donors (Lipinski definition) is 2. The number of urea groups is 1. The van der Waals surface area contributed by atoms with Gasteiger partial charge in [-0.1, -0.05) is 17.8 Å². The first-order valence-electron chi connectivity index (χ1n) is 8.83. The summed E-state index contributed by atoms with van der Waals surface area (Å²) in [6.45, 7) is 4.57. The molecule has 0 unspecified atom stereocenters. The van der Waals surface area contributed by atoms with E-state index in [0.717, 1.165) is 11.8 Å². The van der Waals surface area contributed by atoms with Crippen molar-refractivity contribution in [1.29, 1.82) is 0 Å². The largest absolute Gasteiger partial charge is 0.378 e. The maximum absolute atomic E-state index is 13.8. The van der Waals surface area contributed by atoms with Crippen molar-refractivity contribution in [1.82, 2.24) is 25.4 Å². The van der Waals surface area contributed by atoms with Crippen molar-refractivity contribution < 1.29 is 18.7 Å². The van der Waals surface area contributed by atoms with Gasteiger partial charge in [0.2, 0.25) is 11.9 Å². The summed E-state index contributed by atoms with van der Waals surface area (Å²) < 4.78 is 20.9. The number of halogens is 1. The Kier molecular flexibility index (Phi) is 6.82. The highest BCUT2D eigenvalue weighted by Crippen LogP contribution is 2.27. The number of benzene rings is 1. The monoisotopic (exact) mass is 408 g/mol. The molecule has 3 amide bonds. The van der Waals surface area contributed by atoms with Crippen LogP contribution in [0.4, 0.5) is 15.1 Å². The standard InChI is InChI=1S/C17H21FN6O3S/c1-2-19-15(26)20-14(25)11-28-17-22-21-16(23-6-8-27-9-7-23)24(17)13-5-3-4-12(18)10-13/h3-5,10H,2,6-9,11H2,1H3,(H2,19,20,25,26). The van der Waals surface area contributed by atoms with Gasteiger partial charge in [-0.15, -0.1) is 10.2 Å². The molecular weight excluding hydrogens is 387 g/mol. The predicted molar refractivity (Wildman–Crippen MR) is 102 cm³/mol. The molecule has 9 nitrogen and oxygen atoms in total. The SMILES string of the molecule is CCNC(=O)NC(=O)CSc1nnc(N2CCOCC2)n1-c1cccc(F)c1. The first kappa shape index (κ1) is 20.1. The van der Waals surface area contributed by atoms with Crippen LogP contribution in [-0.4, -0.2) is 65.3 Å². The van der Waals surface area contributed by atoms with E-state index in [0.29, 0.717) is 49.6 Å². The lowest BCUT2D eigenvalue weighted by atomic mass is 10.3. The molecule has 1 aromatic heterocycles. The van der Waals surface area contributed by atoms with Crippen molar-refractivity contribution in [2.75, 3.05) is 43.5 Å². The fraction of sp³-hybridized carbons (Fsp3) is 0.412. The van der Waals surface area contributed by atoms with Crippen LogP contribution in [0.15, 0.2) is 29.4 Å². The second kappa shape index (κ2) is 9.51. The van der Waals surface area contributed by atoms with E-state index in [1.165, 1.54) is 12.1 Å². The molecule has 3 rings (SSSR count). The Hall–Kier alpha value is -2.66. The van der Waals surface area contributed by atoms with Crippen LogP contribution in [0.5, 0.6) is 0 Å². The van der Waals surface area contributed by atoms with Crippen LogP contribution in [0, 0.1) is 5.82 Å². The van der Waals surface area contributed by atoms with E-state index in [1.807, 2.05) is 4.90 Å². The fourth-order valence-electron chi connectivity index (χ4n) is 2.66. The number of aromatic nitrogens is 3. The third-order valence-corrected chi connectivity index (χ3v) is 4.83. The molecule has 1 aliphatic rings. The number of amides is 3. The summed E-state index contributed by atoms with van der Waals surface area (Å²) in [4.78, 5) is 25.4. The number of anilines is 1. The number of thioether (sulfide) groups is 1. The Morgan fingerprint density at radius 1 is 1.29 bits per heavy atom. The summed E-state index contributed by atoms with van der Waals surface area (Å²) in [5, 5.41) is 13.6. The van der Waals surface area contributed by atoms with Gasteiger partial charge in [0, 0.05) is 19.6 Å². The van der Waals surface area contributed by atoms with Crippen LogP contribution < -0.4 is 15.5 Å². The molecule has 0 bridgehead atoms. The van der Waals surface area contributed by atoms with E-state index in [-0.39, 0.29) is 11.6 Å². The van der Waals surface area contributed by atoms with Crippen LogP contribution in [0.1, 0.15) is 6.92 Å². The zero-order chi connectivity index (χ0) is 19.9. The molecular formula is C17H21FN6O3S. The maximum Gasteiger partial charge on any atom is 0.321 e. The summed E-state index contributed by atoms with van der Waals surface area (Å²) in [5.41, 5.74) is 0.554. The van der Waals surface area contributed by atoms with Gasteiger partial charge < -0.3 is 15.0 Å². The van der Waals surface area contributed by atoms with Gasteiger partial charge in [0.1, 0.15) is 5.82 Å². The number of carbonyl (C=O) groups is 2. The number of ether oxygens (including phenoxy) is 1. The van der Waals surface area contributed by atoms with E-state index in [4.69, 9.17) is 4.74 Å². The molecule has 28 heavy (non-hydrogen) atoms. The van der Waals surface area contributed by atoms with Gasteiger partial charge in [0.05, 0.1) is 24.7 Å². The number of nitrogens with one attached hydrogen (secondary N) is 2. The van der Waals surface area contributed by atoms with Crippen LogP contribution in [0.3, 0.4) is 0 Å². The zero-order valence-electron chi connectivity index (χ0n) is 15.4. The van der Waals surface area contributed by atoms with Gasteiger partial charge in [0.25, 0.3) is 0 Å². The normalized spacial score (nSPS) is 14.0. The summed E-state index contributed by atoms with van der Waals surface area (Å²) in [5.74, 6) is -0.324. The molecule has 0 radical (unpaired) electrons. The highest BCUT2D eigenvalue weighted by atomic mass is 32.2. The third-order valence-electron chi connectivity index (χ3n) is 3.90. The van der Waals surface area contributed by atoms with E-state index >= 15 is 0 Å². The van der Waals surface area contributed by atoms with Crippen molar-refractivity contribution in [2.45, 2.75) is 12.1 Å². The number of carbonyl (C=O) groups excluding carboxylic acids is 2. The first-order chi connectivity index (χ1) is 13.6. The molecule has 0 saturated carbocycles. The molecule has 2 heterocycles. The number of rotatable bonds is 6. The zero-order valence-corrected chi connectivity index (χ0v) is 16.2. The van der Waals surface area contributed by atoms with Crippen LogP contribution in [0.2, 0.25) is 0 Å². The minimum Gasteiger partial charge on any atom is -0.378 e. The van der Waals surface area contributed by atoms with Gasteiger partial charge in [0.15, 0.2) is 5.16 Å². The van der Waals surface area contributed by atoms with E-state index in [1.54, 1.807) is 23.6 Å². The summed E-state index contributed by atoms with van der Waals surface area (Å²) in [6, 6.07) is 5.54. The Balaban J connectivity index is 1.81. The van der Waals surface area contributed by atoms with E-state index in [2.05, 4.69) is 20.8 Å². The van der Waals surface area contributed by atoms with Crippen molar-refractivity contribution in [3.63, 3.8) is 0 Å². The van der Waals surface area contributed by atoms with Crippen LogP contribution in [0.25, 0.3) is 5.69 Å². The average Bonchev–Trinajstić information content (AvgIpc) is 3.11. The number of hydrogen-bond acceptors (Lipinski definition) is 7. The van der Waals surface area contributed by atoms with Crippen molar-refractivity contribution in [3.8, 4) is 5.69 Å². The molecule has 0 aliphatic carbocycles. The Morgan fingerprint density at radius 3 is 2.79 bits per heavy atom. The number of imide groups is 1. The maximum atomic E-state index is 13.8. The second-order valence-electron chi connectivity index (χ2n) is 5.89. The lowest BCUT2D eigenvalue weighted by Crippen LogP contribution is -2.40. The molecule has 0 atom stereocenters. The van der Waals surface area contributed by atoms with Gasteiger partial charge >= 0.3 is 6.03 Å². The van der Waals surface area contributed by atoms with Crippen molar-refractivity contribution in [3.05, 3.63) is 30.1 Å². The van der Waals surface area contributed by atoms with Crippen LogP contribution in [-0.2, 0) is 9.53 Å². The lowest BCUT2D eigenvalue weighted by molar-refractivity contribution is -0.117.